The van der Waals surface area contributed by atoms with Gasteiger partial charge in [-0.05, 0) is 44.7 Å². The molecule has 1 aromatic carbocycles. The number of aromatic nitrogens is 1. The van der Waals surface area contributed by atoms with Crippen molar-refractivity contribution in [3.05, 3.63) is 42.3 Å². The quantitative estimate of drug-likeness (QED) is 0.555. The van der Waals surface area contributed by atoms with Crippen LogP contribution in [0.3, 0.4) is 0 Å². The van der Waals surface area contributed by atoms with Crippen LogP contribution in [0.25, 0.3) is 11.5 Å². The molecule has 0 amide bonds. The Balaban J connectivity index is 1.29. The van der Waals surface area contributed by atoms with Crippen molar-refractivity contribution in [1.29, 1.82) is 0 Å². The van der Waals surface area contributed by atoms with E-state index in [1.807, 2.05) is 30.3 Å². The van der Waals surface area contributed by atoms with Gasteiger partial charge in [0, 0.05) is 31.8 Å². The molecule has 1 aromatic heterocycles. The molecule has 3 heterocycles. The van der Waals surface area contributed by atoms with Gasteiger partial charge >= 0.3 is 0 Å². The van der Waals surface area contributed by atoms with Crippen LogP contribution in [0.1, 0.15) is 38.3 Å². The van der Waals surface area contributed by atoms with Crippen molar-refractivity contribution in [2.45, 2.75) is 51.4 Å². The number of nitrogens with zero attached hydrogens (tertiary/aromatic N) is 3. The van der Waals surface area contributed by atoms with E-state index in [1.165, 1.54) is 0 Å². The zero-order chi connectivity index (χ0) is 20.6. The van der Waals surface area contributed by atoms with Crippen molar-refractivity contribution < 1.29 is 13.9 Å². The van der Waals surface area contributed by atoms with E-state index in [1.54, 1.807) is 6.26 Å². The van der Waals surface area contributed by atoms with Crippen LogP contribution in [-0.4, -0.2) is 60.9 Å². The van der Waals surface area contributed by atoms with Crippen LogP contribution in [0.5, 0.6) is 0 Å². The van der Waals surface area contributed by atoms with E-state index in [0.717, 1.165) is 75.7 Å². The molecule has 30 heavy (non-hydrogen) atoms. The van der Waals surface area contributed by atoms with Gasteiger partial charge in [0.15, 0.2) is 5.96 Å². The lowest BCUT2D eigenvalue weighted by Crippen LogP contribution is -2.47. The highest BCUT2D eigenvalue weighted by Crippen LogP contribution is 2.20. The fourth-order valence-electron chi connectivity index (χ4n) is 3.93. The SMILES string of the molecule is CCNC(=NCc1coc(-c2ccccc2)n1)N1CCC(OCC2CCCO2)CC1. The number of guanidine groups is 1. The highest BCUT2D eigenvalue weighted by atomic mass is 16.5. The fraction of sp³-hybridized carbons (Fsp3) is 0.565. The van der Waals surface area contributed by atoms with Gasteiger partial charge in [0.05, 0.1) is 25.4 Å². The molecule has 2 fully saturated rings. The monoisotopic (exact) mass is 412 g/mol. The Kier molecular flexibility index (Phi) is 7.37. The molecule has 2 aliphatic heterocycles. The van der Waals surface area contributed by atoms with Crippen molar-refractivity contribution in [2.75, 3.05) is 32.8 Å². The van der Waals surface area contributed by atoms with Crippen LogP contribution in [0, 0.1) is 0 Å². The molecule has 2 aromatic rings. The Bertz CT molecular complexity index is 794. The molecule has 1 unspecified atom stereocenters. The largest absolute Gasteiger partial charge is 0.444 e. The number of likely N-dealkylation sites (tertiary alicyclic amines) is 1. The highest BCUT2D eigenvalue weighted by Gasteiger charge is 2.24. The predicted molar refractivity (Wildman–Crippen MR) is 116 cm³/mol. The van der Waals surface area contributed by atoms with E-state index >= 15 is 0 Å². The van der Waals surface area contributed by atoms with Gasteiger partial charge in [-0.3, -0.25) is 0 Å². The molecular formula is C23H32N4O3. The maximum Gasteiger partial charge on any atom is 0.226 e. The van der Waals surface area contributed by atoms with Crippen LogP contribution in [0.15, 0.2) is 46.0 Å². The summed E-state index contributed by atoms with van der Waals surface area (Å²) in [6.07, 6.45) is 6.62. The highest BCUT2D eigenvalue weighted by molar-refractivity contribution is 5.80. The molecule has 1 N–H and O–H groups in total. The van der Waals surface area contributed by atoms with Crippen LogP contribution in [-0.2, 0) is 16.0 Å². The van der Waals surface area contributed by atoms with Crippen LogP contribution >= 0.6 is 0 Å². The van der Waals surface area contributed by atoms with Gasteiger partial charge in [0.2, 0.25) is 5.89 Å². The first kappa shape index (κ1) is 20.9. The second-order valence-electron chi connectivity index (χ2n) is 7.83. The Hall–Kier alpha value is -2.38. The van der Waals surface area contributed by atoms with E-state index in [9.17, 15) is 0 Å². The first-order chi connectivity index (χ1) is 14.8. The smallest absolute Gasteiger partial charge is 0.226 e. The minimum atomic E-state index is 0.296. The third-order valence-corrected chi connectivity index (χ3v) is 5.58. The molecule has 7 nitrogen and oxygen atoms in total. The number of rotatable bonds is 7. The Morgan fingerprint density at radius 1 is 1.23 bits per heavy atom. The predicted octanol–water partition coefficient (Wildman–Crippen LogP) is 3.47. The van der Waals surface area contributed by atoms with Gasteiger partial charge < -0.3 is 24.1 Å². The second-order valence-corrected chi connectivity index (χ2v) is 7.83. The zero-order valence-electron chi connectivity index (χ0n) is 17.8. The topological polar surface area (TPSA) is 72.1 Å². The number of nitrogens with one attached hydrogen (secondary N) is 1. The third kappa shape index (κ3) is 5.61. The number of aliphatic imine (C=N–C) groups is 1. The molecule has 0 bridgehead atoms. The lowest BCUT2D eigenvalue weighted by atomic mass is 10.1. The summed E-state index contributed by atoms with van der Waals surface area (Å²) in [5.41, 5.74) is 1.81. The van der Waals surface area contributed by atoms with Gasteiger partial charge in [0.1, 0.15) is 12.0 Å². The maximum atomic E-state index is 6.09. The number of ether oxygens (including phenoxy) is 2. The minimum Gasteiger partial charge on any atom is -0.444 e. The summed E-state index contributed by atoms with van der Waals surface area (Å²) >= 11 is 0. The minimum absolute atomic E-state index is 0.296. The average Bonchev–Trinajstić information content (AvgIpc) is 3.48. The standard InChI is InChI=1S/C23H32N4O3/c1-2-24-23(25-15-19-16-30-22(26-19)18-7-4-3-5-8-18)27-12-10-20(11-13-27)29-17-21-9-6-14-28-21/h3-5,7-8,16,20-21H,2,6,9-15,17H2,1H3,(H,24,25). The van der Waals surface area contributed by atoms with Crippen LogP contribution < -0.4 is 5.32 Å². The number of piperidine rings is 1. The molecular weight excluding hydrogens is 380 g/mol. The third-order valence-electron chi connectivity index (χ3n) is 5.58. The van der Waals surface area contributed by atoms with E-state index in [4.69, 9.17) is 18.9 Å². The van der Waals surface area contributed by atoms with Gasteiger partial charge in [-0.1, -0.05) is 18.2 Å². The maximum absolute atomic E-state index is 6.09. The molecule has 0 saturated carbocycles. The number of oxazole rings is 1. The van der Waals surface area contributed by atoms with Gasteiger partial charge in [0.25, 0.3) is 0 Å². The fourth-order valence-corrected chi connectivity index (χ4v) is 3.93. The molecule has 7 heteroatoms. The summed E-state index contributed by atoms with van der Waals surface area (Å²) < 4.78 is 17.4. The van der Waals surface area contributed by atoms with E-state index in [0.29, 0.717) is 24.6 Å². The van der Waals surface area contributed by atoms with Crippen molar-refractivity contribution >= 4 is 5.96 Å². The summed E-state index contributed by atoms with van der Waals surface area (Å²) in [5, 5.41) is 3.41. The first-order valence-corrected chi connectivity index (χ1v) is 11.1. The molecule has 4 rings (SSSR count). The van der Waals surface area contributed by atoms with E-state index in [2.05, 4.69) is 22.1 Å². The molecule has 1 atom stereocenters. The molecule has 2 saturated heterocycles. The van der Waals surface area contributed by atoms with E-state index < -0.39 is 0 Å². The number of hydrogen-bond acceptors (Lipinski definition) is 5. The van der Waals surface area contributed by atoms with Crippen molar-refractivity contribution in [1.82, 2.24) is 15.2 Å². The second kappa shape index (κ2) is 10.6. The van der Waals surface area contributed by atoms with E-state index in [-0.39, 0.29) is 0 Å². The van der Waals surface area contributed by atoms with Gasteiger partial charge in [-0.2, -0.15) is 0 Å². The van der Waals surface area contributed by atoms with Crippen LogP contribution in [0.4, 0.5) is 0 Å². The Morgan fingerprint density at radius 3 is 2.80 bits per heavy atom. The number of hydrogen-bond donors (Lipinski definition) is 1. The van der Waals surface area contributed by atoms with Gasteiger partial charge in [-0.25, -0.2) is 9.98 Å². The van der Waals surface area contributed by atoms with Gasteiger partial charge in [-0.15, -0.1) is 0 Å². The normalized spacial score (nSPS) is 20.6. The molecule has 0 radical (unpaired) electrons. The summed E-state index contributed by atoms with van der Waals surface area (Å²) in [6, 6.07) is 9.93. The molecule has 0 spiro atoms. The first-order valence-electron chi connectivity index (χ1n) is 11.1. The summed E-state index contributed by atoms with van der Waals surface area (Å²) in [7, 11) is 0. The zero-order valence-corrected chi connectivity index (χ0v) is 17.8. The van der Waals surface area contributed by atoms with Crippen molar-refractivity contribution in [2.24, 2.45) is 4.99 Å². The molecule has 0 aliphatic carbocycles. The average molecular weight is 413 g/mol. The summed E-state index contributed by atoms with van der Waals surface area (Å²) in [6.45, 7) is 6.92. The van der Waals surface area contributed by atoms with Crippen LogP contribution in [0.2, 0.25) is 0 Å². The Labute approximate surface area is 178 Å². The van der Waals surface area contributed by atoms with Crippen molar-refractivity contribution in [3.8, 4) is 11.5 Å². The summed E-state index contributed by atoms with van der Waals surface area (Å²) in [5.74, 6) is 1.56. The molecule has 162 valence electrons. The Morgan fingerprint density at radius 2 is 2.07 bits per heavy atom. The summed E-state index contributed by atoms with van der Waals surface area (Å²) in [4.78, 5) is 11.7. The lowest BCUT2D eigenvalue weighted by molar-refractivity contribution is -0.0367. The van der Waals surface area contributed by atoms with Crippen molar-refractivity contribution in [3.63, 3.8) is 0 Å². The number of benzene rings is 1. The lowest BCUT2D eigenvalue weighted by Gasteiger charge is -2.34. The molecule has 2 aliphatic rings.